The molecule has 2 unspecified atom stereocenters. The number of nitrogens with two attached hydrogens (primary N) is 1. The number of aromatic nitrogens is 4. The molecule has 29 heavy (non-hydrogen) atoms. The zero-order valence-corrected chi connectivity index (χ0v) is 17.4. The molecule has 3 heterocycles. The van der Waals surface area contributed by atoms with Gasteiger partial charge in [0.25, 0.3) is 0 Å². The first-order valence-corrected chi connectivity index (χ1v) is 11.0. The second-order valence-corrected chi connectivity index (χ2v) is 9.11. The summed E-state index contributed by atoms with van der Waals surface area (Å²) in [5.41, 5.74) is 7.27. The summed E-state index contributed by atoms with van der Waals surface area (Å²) < 4.78 is 1.79. The van der Waals surface area contributed by atoms with Gasteiger partial charge in [-0.2, -0.15) is 5.10 Å². The molecule has 2 aromatic heterocycles. The van der Waals surface area contributed by atoms with E-state index in [2.05, 4.69) is 24.9 Å². The Morgan fingerprint density at radius 1 is 1.10 bits per heavy atom. The summed E-state index contributed by atoms with van der Waals surface area (Å²) in [6, 6.07) is 0.313. The maximum absolute atomic E-state index is 13.2. The summed E-state index contributed by atoms with van der Waals surface area (Å²) in [5.74, 6) is 3.29. The van der Waals surface area contributed by atoms with Crippen LogP contribution < -0.4 is 10.6 Å². The highest BCUT2D eigenvalue weighted by atomic mass is 16.2. The molecular formula is C21H31N7O. The van der Waals surface area contributed by atoms with E-state index in [1.54, 1.807) is 4.68 Å². The topological polar surface area (TPSA) is 93.2 Å². The van der Waals surface area contributed by atoms with E-state index in [9.17, 15) is 4.79 Å². The van der Waals surface area contributed by atoms with Crippen LogP contribution in [-0.2, 0) is 11.8 Å². The molecule has 3 fully saturated rings. The van der Waals surface area contributed by atoms with Crippen molar-refractivity contribution < 1.29 is 4.79 Å². The minimum absolute atomic E-state index is 0.169. The van der Waals surface area contributed by atoms with Crippen LogP contribution in [-0.4, -0.2) is 62.8 Å². The van der Waals surface area contributed by atoms with Gasteiger partial charge in [-0.3, -0.25) is 9.48 Å². The predicted octanol–water partition coefficient (Wildman–Crippen LogP) is 1.47. The molecule has 2 aromatic rings. The fourth-order valence-corrected chi connectivity index (χ4v) is 5.74. The van der Waals surface area contributed by atoms with E-state index < -0.39 is 0 Å². The number of anilines is 1. The number of carbonyl (C=O) groups is 1. The molecule has 1 amide bonds. The van der Waals surface area contributed by atoms with Crippen molar-refractivity contribution in [2.75, 3.05) is 31.1 Å². The SMILES string of the molecule is Cc1nc(N2CCN(C(=O)C3CC4CCCC(C3)C4N)CC2)c2cnn(C)c2n1. The molecular weight excluding hydrogens is 366 g/mol. The van der Waals surface area contributed by atoms with Gasteiger partial charge in [-0.05, 0) is 44.4 Å². The normalized spacial score (nSPS) is 30.0. The lowest BCUT2D eigenvalue weighted by molar-refractivity contribution is -0.138. The highest BCUT2D eigenvalue weighted by molar-refractivity contribution is 5.87. The summed E-state index contributed by atoms with van der Waals surface area (Å²) >= 11 is 0. The first-order chi connectivity index (χ1) is 14.0. The fourth-order valence-electron chi connectivity index (χ4n) is 5.74. The molecule has 1 aliphatic heterocycles. The summed E-state index contributed by atoms with van der Waals surface area (Å²) in [7, 11) is 1.90. The summed E-state index contributed by atoms with van der Waals surface area (Å²) in [6.07, 6.45) is 7.48. The van der Waals surface area contributed by atoms with E-state index in [1.165, 1.54) is 19.3 Å². The molecule has 2 saturated carbocycles. The molecule has 2 aliphatic carbocycles. The van der Waals surface area contributed by atoms with Crippen molar-refractivity contribution in [1.82, 2.24) is 24.6 Å². The second kappa shape index (κ2) is 7.23. The minimum Gasteiger partial charge on any atom is -0.352 e. The van der Waals surface area contributed by atoms with Gasteiger partial charge >= 0.3 is 0 Å². The van der Waals surface area contributed by atoms with Crippen molar-refractivity contribution in [3.05, 3.63) is 12.0 Å². The lowest BCUT2D eigenvalue weighted by Crippen LogP contribution is -2.54. The van der Waals surface area contributed by atoms with Crippen LogP contribution in [0.3, 0.4) is 0 Å². The third-order valence-corrected chi connectivity index (χ3v) is 7.34. The standard InChI is InChI=1S/C21H31N7O/c1-13-24-19-17(12-23-26(19)2)20(25-13)27-6-8-28(9-7-27)21(29)16-10-14-4-3-5-15(11-16)18(14)22/h12,14-16,18H,3-11,22H2,1-2H3. The second-order valence-electron chi connectivity index (χ2n) is 9.11. The summed E-state index contributed by atoms with van der Waals surface area (Å²) in [6.45, 7) is 5.01. The van der Waals surface area contributed by atoms with Crippen molar-refractivity contribution in [3.8, 4) is 0 Å². The van der Waals surface area contributed by atoms with Crippen LogP contribution >= 0.6 is 0 Å². The van der Waals surface area contributed by atoms with Crippen LogP contribution in [0.4, 0.5) is 5.82 Å². The molecule has 2 atom stereocenters. The van der Waals surface area contributed by atoms with Gasteiger partial charge in [-0.1, -0.05) is 6.42 Å². The van der Waals surface area contributed by atoms with Crippen molar-refractivity contribution in [3.63, 3.8) is 0 Å². The number of hydrogen-bond acceptors (Lipinski definition) is 6. The predicted molar refractivity (Wildman–Crippen MR) is 111 cm³/mol. The van der Waals surface area contributed by atoms with Gasteiger partial charge < -0.3 is 15.5 Å². The number of aryl methyl sites for hydroxylation is 2. The molecule has 0 spiro atoms. The lowest BCUT2D eigenvalue weighted by atomic mass is 9.65. The van der Waals surface area contributed by atoms with Gasteiger partial charge in [0.1, 0.15) is 11.6 Å². The Morgan fingerprint density at radius 3 is 2.48 bits per heavy atom. The van der Waals surface area contributed by atoms with Crippen LogP contribution in [0.25, 0.3) is 11.0 Å². The van der Waals surface area contributed by atoms with Crippen molar-refractivity contribution in [1.29, 1.82) is 0 Å². The number of nitrogens with zero attached hydrogens (tertiary/aromatic N) is 6. The summed E-state index contributed by atoms with van der Waals surface area (Å²) in [4.78, 5) is 26.8. The van der Waals surface area contributed by atoms with Crippen molar-refractivity contribution >= 4 is 22.8 Å². The number of piperazine rings is 1. The van der Waals surface area contributed by atoms with Gasteiger partial charge in [0, 0.05) is 45.2 Å². The molecule has 8 heteroatoms. The number of fused-ring (bicyclic) bond motifs is 3. The first-order valence-electron chi connectivity index (χ1n) is 11.0. The average molecular weight is 398 g/mol. The highest BCUT2D eigenvalue weighted by Gasteiger charge is 2.42. The lowest BCUT2D eigenvalue weighted by Gasteiger charge is -2.45. The smallest absolute Gasteiger partial charge is 0.225 e. The van der Waals surface area contributed by atoms with Gasteiger partial charge in [0.15, 0.2) is 5.65 Å². The van der Waals surface area contributed by atoms with Crippen LogP contribution in [0.5, 0.6) is 0 Å². The molecule has 2 bridgehead atoms. The highest BCUT2D eigenvalue weighted by Crippen LogP contribution is 2.42. The number of carbonyl (C=O) groups excluding carboxylic acids is 1. The molecule has 8 nitrogen and oxygen atoms in total. The van der Waals surface area contributed by atoms with Gasteiger partial charge in [0.2, 0.25) is 5.91 Å². The Hall–Kier alpha value is -2.22. The quantitative estimate of drug-likeness (QED) is 0.825. The molecule has 0 aromatic carbocycles. The molecule has 156 valence electrons. The van der Waals surface area contributed by atoms with Gasteiger partial charge in [0.05, 0.1) is 11.6 Å². The van der Waals surface area contributed by atoms with E-state index in [-0.39, 0.29) is 5.92 Å². The Kier molecular flexibility index (Phi) is 4.69. The number of amides is 1. The molecule has 2 N–H and O–H groups in total. The van der Waals surface area contributed by atoms with E-state index in [4.69, 9.17) is 5.73 Å². The number of rotatable bonds is 2. The number of hydrogen-bond donors (Lipinski definition) is 1. The molecule has 5 rings (SSSR count). The average Bonchev–Trinajstić information content (AvgIpc) is 3.07. The zero-order chi connectivity index (χ0) is 20.1. The Bertz CT molecular complexity index is 903. The van der Waals surface area contributed by atoms with Gasteiger partial charge in [-0.25, -0.2) is 9.97 Å². The zero-order valence-electron chi connectivity index (χ0n) is 17.4. The van der Waals surface area contributed by atoms with E-state index in [0.29, 0.717) is 23.8 Å². The Labute approximate surface area is 171 Å². The third kappa shape index (κ3) is 3.27. The maximum atomic E-state index is 13.2. The van der Waals surface area contributed by atoms with E-state index in [0.717, 1.165) is 61.7 Å². The molecule has 1 saturated heterocycles. The van der Waals surface area contributed by atoms with Crippen LogP contribution in [0.2, 0.25) is 0 Å². The molecule has 3 aliphatic rings. The van der Waals surface area contributed by atoms with Crippen LogP contribution in [0.15, 0.2) is 6.20 Å². The maximum Gasteiger partial charge on any atom is 0.225 e. The monoisotopic (exact) mass is 397 g/mol. The van der Waals surface area contributed by atoms with Crippen molar-refractivity contribution in [2.45, 2.75) is 45.1 Å². The third-order valence-electron chi connectivity index (χ3n) is 7.34. The fraction of sp³-hybridized carbons (Fsp3) is 0.714. The van der Waals surface area contributed by atoms with Crippen molar-refractivity contribution in [2.24, 2.45) is 30.5 Å². The minimum atomic E-state index is 0.169. The van der Waals surface area contributed by atoms with Gasteiger partial charge in [-0.15, -0.1) is 0 Å². The van der Waals surface area contributed by atoms with Crippen LogP contribution in [0.1, 0.15) is 37.9 Å². The summed E-state index contributed by atoms with van der Waals surface area (Å²) in [5, 5.41) is 5.32. The van der Waals surface area contributed by atoms with E-state index >= 15 is 0 Å². The first kappa shape index (κ1) is 18.8. The Morgan fingerprint density at radius 2 is 1.79 bits per heavy atom. The Balaban J connectivity index is 1.27. The van der Waals surface area contributed by atoms with E-state index in [1.807, 2.05) is 20.2 Å². The molecule has 0 radical (unpaired) electrons. The van der Waals surface area contributed by atoms with Crippen LogP contribution in [0, 0.1) is 24.7 Å². The largest absolute Gasteiger partial charge is 0.352 e.